The molecule has 2 unspecified atom stereocenters. The molecule has 9 heteroatoms. The first kappa shape index (κ1) is 28.9. The van der Waals surface area contributed by atoms with Crippen molar-refractivity contribution in [1.29, 1.82) is 0 Å². The van der Waals surface area contributed by atoms with Gasteiger partial charge in [-0.05, 0) is 60.7 Å². The van der Waals surface area contributed by atoms with E-state index in [-0.39, 0.29) is 0 Å². The van der Waals surface area contributed by atoms with Crippen molar-refractivity contribution in [3.8, 4) is 0 Å². The minimum absolute atomic E-state index is 0.478. The van der Waals surface area contributed by atoms with Gasteiger partial charge in [-0.3, -0.25) is 9.80 Å². The van der Waals surface area contributed by atoms with Gasteiger partial charge in [-0.1, -0.05) is 53.0 Å². The molecule has 1 saturated heterocycles. The third-order valence-corrected chi connectivity index (χ3v) is 9.42. The third kappa shape index (κ3) is 5.74. The van der Waals surface area contributed by atoms with E-state index in [0.717, 1.165) is 69.8 Å². The minimum atomic E-state index is -0.536. The molecule has 2 atom stereocenters. The molecule has 0 saturated carbocycles. The summed E-state index contributed by atoms with van der Waals surface area (Å²) in [6, 6.07) is 25.9. The van der Waals surface area contributed by atoms with Crippen LogP contribution >= 0.6 is 34.8 Å². The second-order valence-corrected chi connectivity index (χ2v) is 12.9. The predicted molar refractivity (Wildman–Crippen MR) is 179 cm³/mol. The molecule has 2 aromatic heterocycles. The van der Waals surface area contributed by atoms with E-state index in [1.807, 2.05) is 66.7 Å². The van der Waals surface area contributed by atoms with Crippen LogP contribution in [0.15, 0.2) is 78.9 Å². The number of aliphatic hydroxyl groups excluding tert-OH is 2. The maximum absolute atomic E-state index is 11.2. The Morgan fingerprint density at radius 1 is 0.488 bits per heavy atom. The zero-order chi connectivity index (χ0) is 29.7. The quantitative estimate of drug-likeness (QED) is 0.191. The number of nitrogens with zero attached hydrogens (tertiary/aromatic N) is 4. The number of piperazine rings is 1. The van der Waals surface area contributed by atoms with E-state index in [9.17, 15) is 10.2 Å². The lowest BCUT2D eigenvalue weighted by molar-refractivity contribution is 0.0415. The highest BCUT2D eigenvalue weighted by atomic mass is 35.5. The zero-order valence-electron chi connectivity index (χ0n) is 23.6. The Balaban J connectivity index is 0.978. The second-order valence-electron chi connectivity index (χ2n) is 11.6. The number of β-amino-alcohol motifs (C(OH)–C–C–N with tert-alkyl or cyclic N) is 2. The van der Waals surface area contributed by atoms with E-state index in [1.54, 1.807) is 0 Å². The number of halogens is 3. The van der Waals surface area contributed by atoms with Gasteiger partial charge < -0.3 is 19.3 Å². The number of aliphatic hydroxyl groups is 2. The lowest BCUT2D eigenvalue weighted by Gasteiger charge is -2.36. The first-order valence-corrected chi connectivity index (χ1v) is 15.8. The van der Waals surface area contributed by atoms with Crippen LogP contribution in [-0.4, -0.2) is 80.6 Å². The molecule has 0 radical (unpaired) electrons. The normalized spacial score (nSPS) is 16.6. The minimum Gasteiger partial charge on any atom is -0.390 e. The number of para-hydroxylation sites is 1. The Bertz CT molecular complexity index is 1880. The van der Waals surface area contributed by atoms with Crippen molar-refractivity contribution < 1.29 is 10.2 Å². The van der Waals surface area contributed by atoms with Crippen LogP contribution in [0.25, 0.3) is 43.6 Å². The van der Waals surface area contributed by atoms with Crippen molar-refractivity contribution in [3.05, 3.63) is 93.9 Å². The fraction of sp³-hybridized carbons (Fsp3) is 0.294. The molecule has 0 aliphatic carbocycles. The van der Waals surface area contributed by atoms with Gasteiger partial charge in [-0.15, -0.1) is 0 Å². The molecule has 0 spiro atoms. The molecule has 1 aliphatic rings. The fourth-order valence-corrected chi connectivity index (χ4v) is 7.27. The molecule has 222 valence electrons. The van der Waals surface area contributed by atoms with Crippen LogP contribution in [0.2, 0.25) is 15.1 Å². The van der Waals surface area contributed by atoms with Crippen molar-refractivity contribution in [1.82, 2.24) is 18.9 Å². The molecule has 2 N–H and O–H groups in total. The largest absolute Gasteiger partial charge is 0.390 e. The first-order chi connectivity index (χ1) is 20.8. The molecule has 1 aliphatic heterocycles. The van der Waals surface area contributed by atoms with Crippen LogP contribution in [0.1, 0.15) is 0 Å². The molecular formula is C34H33Cl3N4O2. The summed E-state index contributed by atoms with van der Waals surface area (Å²) in [6.07, 6.45) is -1.05. The maximum Gasteiger partial charge on any atom is 0.0845 e. The van der Waals surface area contributed by atoms with Gasteiger partial charge >= 0.3 is 0 Å². The van der Waals surface area contributed by atoms with Gasteiger partial charge in [-0.2, -0.15) is 0 Å². The van der Waals surface area contributed by atoms with E-state index >= 15 is 0 Å². The molecule has 0 bridgehead atoms. The topological polar surface area (TPSA) is 56.8 Å². The highest BCUT2D eigenvalue weighted by Crippen LogP contribution is 2.34. The number of hydrogen-bond acceptors (Lipinski definition) is 4. The van der Waals surface area contributed by atoms with E-state index in [2.05, 4.69) is 31.1 Å². The molecular weight excluding hydrogens is 603 g/mol. The summed E-state index contributed by atoms with van der Waals surface area (Å²) in [5.74, 6) is 0. The van der Waals surface area contributed by atoms with Gasteiger partial charge in [0.15, 0.2) is 0 Å². The summed E-state index contributed by atoms with van der Waals surface area (Å²) >= 11 is 18.9. The third-order valence-electron chi connectivity index (χ3n) is 8.71. The fourth-order valence-electron chi connectivity index (χ4n) is 6.76. The summed E-state index contributed by atoms with van der Waals surface area (Å²) in [4.78, 5) is 4.63. The standard InChI is InChI=1S/C34H33Cl3N4O2/c35-22-5-8-32-28(15-22)27-3-1-2-4-31(27)40(32)20-25(42)18-38-11-13-39(14-12-38)19-26(43)21-41-33-9-6-23(36)16-29(33)30-17-24(37)7-10-34(30)41/h1-10,15-17,25-26,42-43H,11-14,18-21H2. The second kappa shape index (κ2) is 11.9. The Morgan fingerprint density at radius 3 is 1.30 bits per heavy atom. The highest BCUT2D eigenvalue weighted by molar-refractivity contribution is 6.33. The van der Waals surface area contributed by atoms with Crippen LogP contribution in [0, 0.1) is 0 Å². The SMILES string of the molecule is OC(CN1CCN(CC(O)Cn2c3ccc(Cl)cc3c3cc(Cl)ccc32)CC1)Cn1c2ccccc2c2cc(Cl)ccc21. The van der Waals surface area contributed by atoms with E-state index in [0.29, 0.717) is 41.2 Å². The molecule has 6 aromatic rings. The number of rotatable bonds is 8. The van der Waals surface area contributed by atoms with E-state index < -0.39 is 12.2 Å². The number of fused-ring (bicyclic) bond motifs is 6. The van der Waals surface area contributed by atoms with Gasteiger partial charge in [0.2, 0.25) is 0 Å². The van der Waals surface area contributed by atoms with Crippen LogP contribution < -0.4 is 0 Å². The summed E-state index contributed by atoms with van der Waals surface area (Å²) in [5.41, 5.74) is 4.25. The highest BCUT2D eigenvalue weighted by Gasteiger charge is 2.23. The van der Waals surface area contributed by atoms with Gasteiger partial charge in [0, 0.05) is 97.9 Å². The monoisotopic (exact) mass is 634 g/mol. The van der Waals surface area contributed by atoms with Crippen molar-refractivity contribution >= 4 is 78.4 Å². The average molecular weight is 636 g/mol. The Kier molecular flexibility index (Phi) is 8.03. The van der Waals surface area contributed by atoms with Gasteiger partial charge in [-0.25, -0.2) is 0 Å². The van der Waals surface area contributed by atoms with Crippen molar-refractivity contribution in [3.63, 3.8) is 0 Å². The summed E-state index contributed by atoms with van der Waals surface area (Å²) < 4.78 is 4.37. The smallest absolute Gasteiger partial charge is 0.0845 e. The maximum atomic E-state index is 11.2. The van der Waals surface area contributed by atoms with E-state index in [4.69, 9.17) is 34.8 Å². The van der Waals surface area contributed by atoms with E-state index in [1.165, 1.54) is 0 Å². The molecule has 3 heterocycles. The lowest BCUT2D eigenvalue weighted by Crippen LogP contribution is -2.50. The predicted octanol–water partition coefficient (Wildman–Crippen LogP) is 6.90. The van der Waals surface area contributed by atoms with Crippen LogP contribution in [-0.2, 0) is 13.1 Å². The van der Waals surface area contributed by atoms with Crippen molar-refractivity contribution in [2.75, 3.05) is 39.3 Å². The molecule has 7 rings (SSSR count). The zero-order valence-corrected chi connectivity index (χ0v) is 25.9. The Labute approximate surface area is 265 Å². The van der Waals surface area contributed by atoms with Crippen LogP contribution in [0.3, 0.4) is 0 Å². The molecule has 1 fully saturated rings. The van der Waals surface area contributed by atoms with Crippen LogP contribution in [0.5, 0.6) is 0 Å². The molecule has 4 aromatic carbocycles. The van der Waals surface area contributed by atoms with Gasteiger partial charge in [0.25, 0.3) is 0 Å². The Morgan fingerprint density at radius 2 is 0.860 bits per heavy atom. The lowest BCUT2D eigenvalue weighted by atomic mass is 10.1. The van der Waals surface area contributed by atoms with Crippen molar-refractivity contribution in [2.45, 2.75) is 25.3 Å². The van der Waals surface area contributed by atoms with Gasteiger partial charge in [0.1, 0.15) is 0 Å². The Hall–Kier alpha value is -2.81. The first-order valence-electron chi connectivity index (χ1n) is 14.7. The number of hydrogen-bond donors (Lipinski definition) is 2. The van der Waals surface area contributed by atoms with Gasteiger partial charge in [0.05, 0.1) is 25.3 Å². The number of aromatic nitrogens is 2. The molecule has 0 amide bonds. The summed E-state index contributed by atoms with van der Waals surface area (Å²) in [7, 11) is 0. The molecule has 6 nitrogen and oxygen atoms in total. The average Bonchev–Trinajstić information content (AvgIpc) is 3.45. The summed E-state index contributed by atoms with van der Waals surface area (Å²) in [5, 5.41) is 28.7. The number of benzene rings is 4. The summed E-state index contributed by atoms with van der Waals surface area (Å²) in [6.45, 7) is 5.56. The van der Waals surface area contributed by atoms with Crippen molar-refractivity contribution in [2.24, 2.45) is 0 Å². The molecule has 43 heavy (non-hydrogen) atoms. The van der Waals surface area contributed by atoms with Crippen LogP contribution in [0.4, 0.5) is 0 Å².